The van der Waals surface area contributed by atoms with Crippen molar-refractivity contribution in [2.75, 3.05) is 31.2 Å². The van der Waals surface area contributed by atoms with E-state index in [4.69, 9.17) is 16.3 Å². The Hall–Kier alpha value is -0.770. The SMILES string of the molecule is Clc1cc2c(cc1N1CCOCC1)CNC2. The largest absolute Gasteiger partial charge is 0.378 e. The molecular formula is C12H15ClN2O. The first-order chi connectivity index (χ1) is 7.84. The maximum atomic E-state index is 6.33. The molecule has 0 aliphatic carbocycles. The first-order valence-corrected chi connectivity index (χ1v) is 6.07. The average Bonchev–Trinajstić information content (AvgIpc) is 2.76. The van der Waals surface area contributed by atoms with Gasteiger partial charge in [0, 0.05) is 26.2 Å². The van der Waals surface area contributed by atoms with E-state index in [1.54, 1.807) is 0 Å². The highest BCUT2D eigenvalue weighted by atomic mass is 35.5. The van der Waals surface area contributed by atoms with E-state index in [1.807, 2.05) is 0 Å². The number of rotatable bonds is 1. The van der Waals surface area contributed by atoms with Gasteiger partial charge in [0.15, 0.2) is 0 Å². The van der Waals surface area contributed by atoms with E-state index in [0.717, 1.165) is 50.1 Å². The van der Waals surface area contributed by atoms with Crippen molar-refractivity contribution in [2.45, 2.75) is 13.1 Å². The molecule has 0 radical (unpaired) electrons. The van der Waals surface area contributed by atoms with Crippen molar-refractivity contribution in [3.05, 3.63) is 28.3 Å². The summed E-state index contributed by atoms with van der Waals surface area (Å²) in [7, 11) is 0. The third-order valence-corrected chi connectivity index (χ3v) is 3.55. The molecule has 1 aromatic carbocycles. The van der Waals surface area contributed by atoms with Crippen LogP contribution in [0.15, 0.2) is 12.1 Å². The predicted octanol–water partition coefficient (Wildman–Crippen LogP) is 1.78. The van der Waals surface area contributed by atoms with Crippen LogP contribution in [-0.4, -0.2) is 26.3 Å². The van der Waals surface area contributed by atoms with Crippen LogP contribution < -0.4 is 10.2 Å². The number of morpholine rings is 1. The molecule has 1 fully saturated rings. The molecule has 0 unspecified atom stereocenters. The third-order valence-electron chi connectivity index (χ3n) is 3.25. The lowest BCUT2D eigenvalue weighted by Gasteiger charge is -2.30. The maximum absolute atomic E-state index is 6.33. The standard InChI is InChI=1S/C12H15ClN2O/c13-11-5-9-7-14-8-10(9)6-12(11)15-1-3-16-4-2-15/h5-6,14H,1-4,7-8H2. The van der Waals surface area contributed by atoms with Gasteiger partial charge in [0.1, 0.15) is 0 Å². The first kappa shape index (κ1) is 10.4. The highest BCUT2D eigenvalue weighted by Crippen LogP contribution is 2.31. The minimum absolute atomic E-state index is 0.797. The van der Waals surface area contributed by atoms with E-state index in [2.05, 4.69) is 22.3 Å². The molecule has 1 saturated heterocycles. The molecule has 0 aromatic heterocycles. The fourth-order valence-electron chi connectivity index (χ4n) is 2.35. The second kappa shape index (κ2) is 4.24. The highest BCUT2D eigenvalue weighted by Gasteiger charge is 2.18. The zero-order valence-corrected chi connectivity index (χ0v) is 9.89. The molecule has 2 aliphatic rings. The summed E-state index contributed by atoms with van der Waals surface area (Å²) in [6.07, 6.45) is 0. The molecule has 0 amide bonds. The number of hydrogen-bond donors (Lipinski definition) is 1. The van der Waals surface area contributed by atoms with Crippen molar-refractivity contribution in [3.63, 3.8) is 0 Å². The molecule has 3 nitrogen and oxygen atoms in total. The quantitative estimate of drug-likeness (QED) is 0.807. The molecule has 4 heteroatoms. The summed E-state index contributed by atoms with van der Waals surface area (Å²) < 4.78 is 5.36. The van der Waals surface area contributed by atoms with Crippen LogP contribution in [0.4, 0.5) is 5.69 Å². The minimum atomic E-state index is 0.797. The van der Waals surface area contributed by atoms with Crippen LogP contribution in [0.25, 0.3) is 0 Å². The summed E-state index contributed by atoms with van der Waals surface area (Å²) in [5.41, 5.74) is 3.88. The van der Waals surface area contributed by atoms with Gasteiger partial charge >= 0.3 is 0 Å². The molecule has 86 valence electrons. The summed E-state index contributed by atoms with van der Waals surface area (Å²) in [5.74, 6) is 0. The lowest BCUT2D eigenvalue weighted by Crippen LogP contribution is -2.36. The molecule has 0 bridgehead atoms. The molecule has 1 N–H and O–H groups in total. The van der Waals surface area contributed by atoms with Gasteiger partial charge in [0.05, 0.1) is 23.9 Å². The normalized spacial score (nSPS) is 19.9. The van der Waals surface area contributed by atoms with Gasteiger partial charge in [-0.2, -0.15) is 0 Å². The molecule has 3 rings (SSSR count). The Labute approximate surface area is 100 Å². The van der Waals surface area contributed by atoms with E-state index in [-0.39, 0.29) is 0 Å². The number of benzene rings is 1. The smallest absolute Gasteiger partial charge is 0.0643 e. The topological polar surface area (TPSA) is 24.5 Å². The summed E-state index contributed by atoms with van der Waals surface area (Å²) in [6.45, 7) is 5.37. The molecule has 2 heterocycles. The van der Waals surface area contributed by atoms with E-state index >= 15 is 0 Å². The Morgan fingerprint density at radius 3 is 2.56 bits per heavy atom. The van der Waals surface area contributed by atoms with Crippen LogP contribution in [0.2, 0.25) is 5.02 Å². The van der Waals surface area contributed by atoms with Crippen LogP contribution in [0.5, 0.6) is 0 Å². The Balaban J connectivity index is 1.94. The van der Waals surface area contributed by atoms with Gasteiger partial charge in [-0.05, 0) is 23.3 Å². The first-order valence-electron chi connectivity index (χ1n) is 5.69. The van der Waals surface area contributed by atoms with Gasteiger partial charge in [-0.3, -0.25) is 0 Å². The number of halogens is 1. The van der Waals surface area contributed by atoms with Crippen LogP contribution in [0, 0.1) is 0 Å². The molecule has 0 atom stereocenters. The van der Waals surface area contributed by atoms with Crippen LogP contribution in [-0.2, 0) is 17.8 Å². The second-order valence-corrected chi connectivity index (χ2v) is 4.68. The summed E-state index contributed by atoms with van der Waals surface area (Å²) in [5, 5.41) is 4.21. The van der Waals surface area contributed by atoms with E-state index in [9.17, 15) is 0 Å². The van der Waals surface area contributed by atoms with E-state index in [0.29, 0.717) is 0 Å². The van der Waals surface area contributed by atoms with Crippen molar-refractivity contribution < 1.29 is 4.74 Å². The predicted molar refractivity (Wildman–Crippen MR) is 65.0 cm³/mol. The van der Waals surface area contributed by atoms with Crippen molar-refractivity contribution in [1.82, 2.24) is 5.32 Å². The Morgan fingerprint density at radius 2 is 1.81 bits per heavy atom. The highest BCUT2D eigenvalue weighted by molar-refractivity contribution is 6.33. The average molecular weight is 239 g/mol. The fraction of sp³-hybridized carbons (Fsp3) is 0.500. The maximum Gasteiger partial charge on any atom is 0.0643 e. The molecule has 2 aliphatic heterocycles. The van der Waals surface area contributed by atoms with Crippen LogP contribution in [0.3, 0.4) is 0 Å². The summed E-state index contributed by atoms with van der Waals surface area (Å²) in [4.78, 5) is 2.31. The number of nitrogens with zero attached hydrogens (tertiary/aromatic N) is 1. The van der Waals surface area contributed by atoms with Gasteiger partial charge < -0.3 is 15.0 Å². The van der Waals surface area contributed by atoms with Gasteiger partial charge in [0.25, 0.3) is 0 Å². The minimum Gasteiger partial charge on any atom is -0.378 e. The van der Waals surface area contributed by atoms with Gasteiger partial charge in [-0.1, -0.05) is 11.6 Å². The van der Waals surface area contributed by atoms with Crippen LogP contribution in [0.1, 0.15) is 11.1 Å². The second-order valence-electron chi connectivity index (χ2n) is 4.28. The molecule has 16 heavy (non-hydrogen) atoms. The van der Waals surface area contributed by atoms with Crippen molar-refractivity contribution in [2.24, 2.45) is 0 Å². The Bertz CT molecular complexity index is 402. The monoisotopic (exact) mass is 238 g/mol. The summed E-state index contributed by atoms with van der Waals surface area (Å²) >= 11 is 6.33. The van der Waals surface area contributed by atoms with Crippen molar-refractivity contribution in [3.8, 4) is 0 Å². The number of fused-ring (bicyclic) bond motifs is 1. The van der Waals surface area contributed by atoms with E-state index in [1.165, 1.54) is 11.1 Å². The van der Waals surface area contributed by atoms with Crippen molar-refractivity contribution >= 4 is 17.3 Å². The lowest BCUT2D eigenvalue weighted by molar-refractivity contribution is 0.122. The molecular weight excluding hydrogens is 224 g/mol. The molecule has 0 saturated carbocycles. The zero-order chi connectivity index (χ0) is 11.0. The van der Waals surface area contributed by atoms with Crippen molar-refractivity contribution in [1.29, 1.82) is 0 Å². The summed E-state index contributed by atoms with van der Waals surface area (Å²) in [6, 6.07) is 4.32. The number of hydrogen-bond acceptors (Lipinski definition) is 3. The van der Waals surface area contributed by atoms with Gasteiger partial charge in [-0.15, -0.1) is 0 Å². The number of anilines is 1. The Kier molecular flexibility index (Phi) is 2.75. The van der Waals surface area contributed by atoms with Gasteiger partial charge in [0.2, 0.25) is 0 Å². The fourth-order valence-corrected chi connectivity index (χ4v) is 2.66. The Morgan fingerprint density at radius 1 is 1.12 bits per heavy atom. The lowest BCUT2D eigenvalue weighted by atomic mass is 10.1. The van der Waals surface area contributed by atoms with Gasteiger partial charge in [-0.25, -0.2) is 0 Å². The van der Waals surface area contributed by atoms with Crippen LogP contribution >= 0.6 is 11.6 Å². The number of nitrogens with one attached hydrogen (secondary N) is 1. The molecule has 1 aromatic rings. The number of ether oxygens (including phenoxy) is 1. The van der Waals surface area contributed by atoms with E-state index < -0.39 is 0 Å². The zero-order valence-electron chi connectivity index (χ0n) is 9.13. The third kappa shape index (κ3) is 1.79. The molecule has 0 spiro atoms.